The molecule has 0 spiro atoms. The van der Waals surface area contributed by atoms with Crippen molar-refractivity contribution in [2.24, 2.45) is 0 Å². The number of benzene rings is 2. The molecule has 7 heteroatoms. The monoisotopic (exact) mass is 337 g/mol. The second kappa shape index (κ2) is 8.16. The molecular formula is C18H19N5O2. The summed E-state index contributed by atoms with van der Waals surface area (Å²) >= 11 is 0. The minimum Gasteiger partial charge on any atom is -0.396 e. The second-order valence-corrected chi connectivity index (χ2v) is 5.64. The van der Waals surface area contributed by atoms with E-state index in [0.29, 0.717) is 6.42 Å². The molecule has 128 valence electrons. The highest BCUT2D eigenvalue weighted by molar-refractivity contribution is 5.79. The lowest BCUT2D eigenvalue weighted by atomic mass is 10.0. The number of carbonyl (C=O) groups is 1. The fourth-order valence-corrected chi connectivity index (χ4v) is 2.61. The third-order valence-electron chi connectivity index (χ3n) is 3.87. The Bertz CT molecular complexity index is 788. The minimum atomic E-state index is -0.195. The van der Waals surface area contributed by atoms with Crippen molar-refractivity contribution in [3.8, 4) is 5.69 Å². The SMILES string of the molecule is O=C(Cc1ccc(-n2cnnn2)cc1)NC(CCO)c1ccccc1. The van der Waals surface area contributed by atoms with E-state index in [1.807, 2.05) is 54.6 Å². The summed E-state index contributed by atoms with van der Waals surface area (Å²) < 4.78 is 1.55. The predicted molar refractivity (Wildman–Crippen MR) is 91.9 cm³/mol. The van der Waals surface area contributed by atoms with E-state index in [9.17, 15) is 9.90 Å². The van der Waals surface area contributed by atoms with Gasteiger partial charge in [0.05, 0.1) is 18.2 Å². The van der Waals surface area contributed by atoms with Crippen LogP contribution in [0, 0.1) is 0 Å². The van der Waals surface area contributed by atoms with Crippen LogP contribution in [0.1, 0.15) is 23.6 Å². The maximum Gasteiger partial charge on any atom is 0.224 e. The number of nitrogens with zero attached hydrogens (tertiary/aromatic N) is 4. The van der Waals surface area contributed by atoms with Crippen molar-refractivity contribution in [2.75, 3.05) is 6.61 Å². The number of aliphatic hydroxyl groups is 1. The zero-order chi connectivity index (χ0) is 17.5. The number of amides is 1. The summed E-state index contributed by atoms with van der Waals surface area (Å²) in [6, 6.07) is 16.9. The fraction of sp³-hybridized carbons (Fsp3) is 0.222. The zero-order valence-electron chi connectivity index (χ0n) is 13.6. The van der Waals surface area contributed by atoms with Gasteiger partial charge >= 0.3 is 0 Å². The summed E-state index contributed by atoms with van der Waals surface area (Å²) in [6.45, 7) is 0.0144. The normalized spacial score (nSPS) is 11.9. The standard InChI is InChI=1S/C18H19N5O2/c24-11-10-17(15-4-2-1-3-5-15)20-18(25)12-14-6-8-16(9-7-14)23-13-19-21-22-23/h1-9,13,17,24H,10-12H2,(H,20,25). The van der Waals surface area contributed by atoms with Crippen molar-refractivity contribution in [3.05, 3.63) is 72.1 Å². The van der Waals surface area contributed by atoms with Crippen molar-refractivity contribution < 1.29 is 9.90 Å². The number of hydrogen-bond donors (Lipinski definition) is 2. The van der Waals surface area contributed by atoms with Gasteiger partial charge in [0.2, 0.25) is 5.91 Å². The maximum atomic E-state index is 12.4. The van der Waals surface area contributed by atoms with Gasteiger partial charge in [0.15, 0.2) is 0 Å². The number of rotatable bonds is 7. The fourth-order valence-electron chi connectivity index (χ4n) is 2.61. The molecular weight excluding hydrogens is 318 g/mol. The Kier molecular flexibility index (Phi) is 5.48. The highest BCUT2D eigenvalue weighted by Crippen LogP contribution is 2.16. The van der Waals surface area contributed by atoms with E-state index in [4.69, 9.17) is 0 Å². The second-order valence-electron chi connectivity index (χ2n) is 5.64. The first-order valence-corrected chi connectivity index (χ1v) is 8.04. The van der Waals surface area contributed by atoms with Crippen LogP contribution >= 0.6 is 0 Å². The number of nitrogens with one attached hydrogen (secondary N) is 1. The van der Waals surface area contributed by atoms with Crippen molar-refractivity contribution in [1.82, 2.24) is 25.5 Å². The summed E-state index contributed by atoms with van der Waals surface area (Å²) in [4.78, 5) is 12.4. The maximum absolute atomic E-state index is 12.4. The van der Waals surface area contributed by atoms with E-state index in [1.165, 1.54) is 6.33 Å². The predicted octanol–water partition coefficient (Wildman–Crippen LogP) is 1.44. The summed E-state index contributed by atoms with van der Waals surface area (Å²) in [5.74, 6) is -0.0857. The van der Waals surface area contributed by atoms with Gasteiger partial charge in [-0.1, -0.05) is 42.5 Å². The molecule has 0 saturated heterocycles. The highest BCUT2D eigenvalue weighted by Gasteiger charge is 2.14. The lowest BCUT2D eigenvalue weighted by molar-refractivity contribution is -0.121. The van der Waals surface area contributed by atoms with Crippen LogP contribution in [0.5, 0.6) is 0 Å². The van der Waals surface area contributed by atoms with Gasteiger partial charge < -0.3 is 10.4 Å². The van der Waals surface area contributed by atoms with E-state index in [1.54, 1.807) is 4.68 Å². The van der Waals surface area contributed by atoms with Crippen molar-refractivity contribution in [2.45, 2.75) is 18.9 Å². The van der Waals surface area contributed by atoms with E-state index >= 15 is 0 Å². The number of aromatic nitrogens is 4. The molecule has 3 aromatic rings. The van der Waals surface area contributed by atoms with Gasteiger partial charge in [0.1, 0.15) is 6.33 Å². The molecule has 2 N–H and O–H groups in total. The van der Waals surface area contributed by atoms with E-state index in [2.05, 4.69) is 20.8 Å². The van der Waals surface area contributed by atoms with Crippen LogP contribution in [-0.2, 0) is 11.2 Å². The van der Waals surface area contributed by atoms with Gasteiger partial charge in [-0.3, -0.25) is 4.79 Å². The molecule has 7 nitrogen and oxygen atoms in total. The smallest absolute Gasteiger partial charge is 0.224 e. The van der Waals surface area contributed by atoms with E-state index in [0.717, 1.165) is 16.8 Å². The van der Waals surface area contributed by atoms with Gasteiger partial charge in [-0.2, -0.15) is 0 Å². The Hall–Kier alpha value is -3.06. The first-order valence-electron chi connectivity index (χ1n) is 8.04. The molecule has 0 radical (unpaired) electrons. The van der Waals surface area contributed by atoms with E-state index < -0.39 is 0 Å². The Morgan fingerprint density at radius 3 is 2.52 bits per heavy atom. The lowest BCUT2D eigenvalue weighted by Crippen LogP contribution is -2.30. The molecule has 0 bridgehead atoms. The van der Waals surface area contributed by atoms with Gasteiger partial charge in [-0.15, -0.1) is 5.10 Å². The largest absolute Gasteiger partial charge is 0.396 e. The first-order chi connectivity index (χ1) is 12.3. The average molecular weight is 337 g/mol. The first kappa shape index (κ1) is 16.8. The zero-order valence-corrected chi connectivity index (χ0v) is 13.6. The number of carbonyl (C=O) groups excluding carboxylic acids is 1. The van der Waals surface area contributed by atoms with Crippen LogP contribution in [0.25, 0.3) is 5.69 Å². The molecule has 25 heavy (non-hydrogen) atoms. The number of tetrazole rings is 1. The third-order valence-corrected chi connectivity index (χ3v) is 3.87. The molecule has 1 atom stereocenters. The summed E-state index contributed by atoms with van der Waals surface area (Å²) in [5.41, 5.74) is 2.71. The topological polar surface area (TPSA) is 92.9 Å². The molecule has 1 amide bonds. The molecule has 0 aliphatic carbocycles. The van der Waals surface area contributed by atoms with Crippen LogP contribution in [0.4, 0.5) is 0 Å². The van der Waals surface area contributed by atoms with Crippen LogP contribution in [0.3, 0.4) is 0 Å². The van der Waals surface area contributed by atoms with Crippen LogP contribution < -0.4 is 5.32 Å². The molecule has 3 rings (SSSR count). The molecule has 0 aliphatic heterocycles. The van der Waals surface area contributed by atoms with Crippen LogP contribution in [0.2, 0.25) is 0 Å². The van der Waals surface area contributed by atoms with E-state index in [-0.39, 0.29) is 25.0 Å². The van der Waals surface area contributed by atoms with Gasteiger partial charge in [-0.25, -0.2) is 4.68 Å². The molecule has 0 aliphatic rings. The summed E-state index contributed by atoms with van der Waals surface area (Å²) in [5, 5.41) is 23.3. The highest BCUT2D eigenvalue weighted by atomic mass is 16.3. The van der Waals surface area contributed by atoms with Gasteiger partial charge in [0, 0.05) is 6.61 Å². The molecule has 1 aromatic heterocycles. The summed E-state index contributed by atoms with van der Waals surface area (Å²) in [6.07, 6.45) is 2.26. The molecule has 0 fully saturated rings. The third kappa shape index (κ3) is 4.48. The van der Waals surface area contributed by atoms with Crippen LogP contribution in [-0.4, -0.2) is 37.8 Å². The molecule has 1 unspecified atom stereocenters. The Balaban J connectivity index is 1.63. The quantitative estimate of drug-likeness (QED) is 0.680. The minimum absolute atomic E-state index is 0.0144. The Morgan fingerprint density at radius 1 is 1.12 bits per heavy atom. The van der Waals surface area contributed by atoms with Crippen LogP contribution in [0.15, 0.2) is 60.9 Å². The molecule has 2 aromatic carbocycles. The van der Waals surface area contributed by atoms with Crippen molar-refractivity contribution in [1.29, 1.82) is 0 Å². The average Bonchev–Trinajstić information content (AvgIpc) is 3.17. The molecule has 0 saturated carbocycles. The van der Waals surface area contributed by atoms with Crippen molar-refractivity contribution >= 4 is 5.91 Å². The van der Waals surface area contributed by atoms with Crippen molar-refractivity contribution in [3.63, 3.8) is 0 Å². The lowest BCUT2D eigenvalue weighted by Gasteiger charge is -2.18. The summed E-state index contributed by atoms with van der Waals surface area (Å²) in [7, 11) is 0. The van der Waals surface area contributed by atoms with Gasteiger partial charge in [0.25, 0.3) is 0 Å². The van der Waals surface area contributed by atoms with Gasteiger partial charge in [-0.05, 0) is 40.1 Å². The Labute approximate surface area is 145 Å². The number of hydrogen-bond acceptors (Lipinski definition) is 5. The Morgan fingerprint density at radius 2 is 1.88 bits per heavy atom. The molecule has 1 heterocycles. The number of aliphatic hydroxyl groups excluding tert-OH is 1.